The van der Waals surface area contributed by atoms with Gasteiger partial charge in [0.1, 0.15) is 5.75 Å². The summed E-state index contributed by atoms with van der Waals surface area (Å²) in [5.74, 6) is 1.42. The van der Waals surface area contributed by atoms with Gasteiger partial charge in [-0.2, -0.15) is 0 Å². The van der Waals surface area contributed by atoms with Crippen LogP contribution in [0.5, 0.6) is 5.75 Å². The standard InChI is InChI=1S/C12H13BrClN3O/c1-18-10-4-5-11(13)12(7-10)17-8-9(15-16-17)3-2-6-14/h4-5,7-8H,2-3,6H2,1H3. The molecule has 6 heteroatoms. The predicted molar refractivity (Wildman–Crippen MR) is 74.7 cm³/mol. The zero-order chi connectivity index (χ0) is 13.0. The van der Waals surface area contributed by atoms with E-state index in [1.165, 1.54) is 0 Å². The van der Waals surface area contributed by atoms with Crippen LogP contribution >= 0.6 is 27.5 Å². The molecule has 0 bridgehead atoms. The van der Waals surface area contributed by atoms with Crippen molar-refractivity contribution in [2.45, 2.75) is 12.8 Å². The number of halogens is 2. The van der Waals surface area contributed by atoms with Gasteiger partial charge in [-0.05, 0) is 40.9 Å². The van der Waals surface area contributed by atoms with E-state index in [1.54, 1.807) is 11.8 Å². The number of nitrogens with zero attached hydrogens (tertiary/aromatic N) is 3. The minimum atomic E-state index is 0.635. The zero-order valence-electron chi connectivity index (χ0n) is 9.94. The van der Waals surface area contributed by atoms with Crippen LogP contribution in [-0.4, -0.2) is 28.0 Å². The minimum Gasteiger partial charge on any atom is -0.497 e. The van der Waals surface area contributed by atoms with Gasteiger partial charge in [-0.1, -0.05) is 5.21 Å². The lowest BCUT2D eigenvalue weighted by Gasteiger charge is -2.06. The largest absolute Gasteiger partial charge is 0.497 e. The number of aryl methyl sites for hydroxylation is 1. The van der Waals surface area contributed by atoms with Crippen LogP contribution in [0.3, 0.4) is 0 Å². The summed E-state index contributed by atoms with van der Waals surface area (Å²) in [6, 6.07) is 5.72. The molecule has 0 aliphatic heterocycles. The van der Waals surface area contributed by atoms with Crippen molar-refractivity contribution in [3.8, 4) is 11.4 Å². The maximum Gasteiger partial charge on any atom is 0.121 e. The van der Waals surface area contributed by atoms with Crippen LogP contribution < -0.4 is 4.74 Å². The molecule has 0 saturated carbocycles. The summed E-state index contributed by atoms with van der Waals surface area (Å²) in [6.45, 7) is 0. The summed E-state index contributed by atoms with van der Waals surface area (Å²) in [4.78, 5) is 0. The third-order valence-electron chi connectivity index (χ3n) is 2.51. The third-order valence-corrected chi connectivity index (χ3v) is 3.45. The van der Waals surface area contributed by atoms with E-state index in [1.807, 2.05) is 24.4 Å². The summed E-state index contributed by atoms with van der Waals surface area (Å²) in [7, 11) is 1.64. The number of aromatic nitrogens is 3. The first-order chi connectivity index (χ1) is 8.74. The second-order valence-electron chi connectivity index (χ2n) is 3.76. The topological polar surface area (TPSA) is 39.9 Å². The van der Waals surface area contributed by atoms with Gasteiger partial charge in [0.2, 0.25) is 0 Å². The first-order valence-corrected chi connectivity index (χ1v) is 6.88. The van der Waals surface area contributed by atoms with E-state index < -0.39 is 0 Å². The van der Waals surface area contributed by atoms with Gasteiger partial charge in [0, 0.05) is 16.4 Å². The first-order valence-electron chi connectivity index (χ1n) is 5.55. The van der Waals surface area contributed by atoms with Crippen molar-refractivity contribution in [3.63, 3.8) is 0 Å². The molecule has 96 valence electrons. The van der Waals surface area contributed by atoms with Crippen LogP contribution in [0.4, 0.5) is 0 Å². The number of rotatable bonds is 5. The van der Waals surface area contributed by atoms with Gasteiger partial charge >= 0.3 is 0 Å². The summed E-state index contributed by atoms with van der Waals surface area (Å²) in [5, 5.41) is 8.23. The average molecular weight is 331 g/mol. The van der Waals surface area contributed by atoms with Crippen molar-refractivity contribution in [3.05, 3.63) is 34.6 Å². The number of benzene rings is 1. The Balaban J connectivity index is 2.27. The second-order valence-corrected chi connectivity index (χ2v) is 5.00. The van der Waals surface area contributed by atoms with Crippen molar-refractivity contribution in [2.24, 2.45) is 0 Å². The summed E-state index contributed by atoms with van der Waals surface area (Å²) in [5.41, 5.74) is 1.84. The number of ether oxygens (including phenoxy) is 1. The Bertz CT molecular complexity index is 530. The Morgan fingerprint density at radius 2 is 2.28 bits per heavy atom. The van der Waals surface area contributed by atoms with Gasteiger partial charge in [-0.3, -0.25) is 0 Å². The molecule has 0 spiro atoms. The van der Waals surface area contributed by atoms with Crippen molar-refractivity contribution in [2.75, 3.05) is 13.0 Å². The quantitative estimate of drug-likeness (QED) is 0.790. The molecule has 0 atom stereocenters. The molecule has 0 N–H and O–H groups in total. The highest BCUT2D eigenvalue weighted by Gasteiger charge is 2.07. The van der Waals surface area contributed by atoms with Crippen molar-refractivity contribution >= 4 is 27.5 Å². The highest BCUT2D eigenvalue weighted by atomic mass is 79.9. The maximum absolute atomic E-state index is 5.66. The molecule has 18 heavy (non-hydrogen) atoms. The van der Waals surface area contributed by atoms with Gasteiger partial charge in [0.05, 0.1) is 24.7 Å². The molecule has 0 amide bonds. The lowest BCUT2D eigenvalue weighted by molar-refractivity contribution is 0.414. The van der Waals surface area contributed by atoms with Crippen LogP contribution in [0.2, 0.25) is 0 Å². The highest BCUT2D eigenvalue weighted by molar-refractivity contribution is 9.10. The minimum absolute atomic E-state index is 0.635. The highest BCUT2D eigenvalue weighted by Crippen LogP contribution is 2.25. The lowest BCUT2D eigenvalue weighted by Crippen LogP contribution is -1.97. The van der Waals surface area contributed by atoms with Crippen molar-refractivity contribution in [1.82, 2.24) is 15.0 Å². The normalized spacial score (nSPS) is 10.6. The fraction of sp³-hybridized carbons (Fsp3) is 0.333. The molecule has 1 aromatic heterocycles. The summed E-state index contributed by atoms with van der Waals surface area (Å²) in [6.07, 6.45) is 3.65. The fourth-order valence-corrected chi connectivity index (χ4v) is 2.14. The van der Waals surface area contributed by atoms with Gasteiger partial charge in [-0.15, -0.1) is 16.7 Å². The monoisotopic (exact) mass is 329 g/mol. The van der Waals surface area contributed by atoms with Gasteiger partial charge < -0.3 is 4.74 Å². The number of hydrogen-bond donors (Lipinski definition) is 0. The Morgan fingerprint density at radius 1 is 1.44 bits per heavy atom. The Kier molecular flexibility index (Phi) is 4.60. The molecule has 2 aromatic rings. The SMILES string of the molecule is COc1ccc(Br)c(-n2cc(CCCCl)nn2)c1. The first kappa shape index (κ1) is 13.4. The third kappa shape index (κ3) is 3.03. The van der Waals surface area contributed by atoms with Crippen LogP contribution in [0.1, 0.15) is 12.1 Å². The molecular formula is C12H13BrClN3O. The Morgan fingerprint density at radius 3 is 3.00 bits per heavy atom. The fourth-order valence-electron chi connectivity index (χ4n) is 1.57. The predicted octanol–water partition coefficient (Wildman–Crippen LogP) is 3.21. The summed E-state index contributed by atoms with van der Waals surface area (Å²) >= 11 is 9.15. The Labute approximate surface area is 119 Å². The van der Waals surface area contributed by atoms with E-state index in [9.17, 15) is 0 Å². The molecule has 0 radical (unpaired) electrons. The molecule has 2 rings (SSSR count). The van der Waals surface area contributed by atoms with Crippen molar-refractivity contribution in [1.29, 1.82) is 0 Å². The molecule has 0 unspecified atom stereocenters. The van der Waals surface area contributed by atoms with E-state index >= 15 is 0 Å². The van der Waals surface area contributed by atoms with E-state index in [0.717, 1.165) is 34.4 Å². The maximum atomic E-state index is 5.66. The van der Waals surface area contributed by atoms with E-state index in [4.69, 9.17) is 16.3 Å². The molecule has 4 nitrogen and oxygen atoms in total. The van der Waals surface area contributed by atoms with E-state index in [0.29, 0.717) is 5.88 Å². The molecule has 1 aromatic carbocycles. The van der Waals surface area contributed by atoms with Crippen LogP contribution in [0.25, 0.3) is 5.69 Å². The van der Waals surface area contributed by atoms with Gasteiger partial charge in [-0.25, -0.2) is 4.68 Å². The van der Waals surface area contributed by atoms with Crippen LogP contribution in [-0.2, 0) is 6.42 Å². The smallest absolute Gasteiger partial charge is 0.121 e. The van der Waals surface area contributed by atoms with Crippen LogP contribution in [0, 0.1) is 0 Å². The zero-order valence-corrected chi connectivity index (χ0v) is 12.3. The molecule has 0 aliphatic carbocycles. The van der Waals surface area contributed by atoms with Gasteiger partial charge in [0.25, 0.3) is 0 Å². The Hall–Kier alpha value is -1.07. The second kappa shape index (κ2) is 6.20. The molecule has 0 fully saturated rings. The van der Waals surface area contributed by atoms with E-state index in [2.05, 4.69) is 26.2 Å². The van der Waals surface area contributed by atoms with Gasteiger partial charge in [0.15, 0.2) is 0 Å². The summed E-state index contributed by atoms with van der Waals surface area (Å²) < 4.78 is 7.88. The van der Waals surface area contributed by atoms with Crippen molar-refractivity contribution < 1.29 is 4.74 Å². The molecule has 0 aliphatic rings. The molecule has 0 saturated heterocycles. The number of methoxy groups -OCH3 is 1. The number of hydrogen-bond acceptors (Lipinski definition) is 3. The van der Waals surface area contributed by atoms with E-state index in [-0.39, 0.29) is 0 Å². The molecule has 1 heterocycles. The van der Waals surface area contributed by atoms with Crippen LogP contribution in [0.15, 0.2) is 28.9 Å². The number of alkyl halides is 1. The molecular weight excluding hydrogens is 318 g/mol. The average Bonchev–Trinajstić information content (AvgIpc) is 2.85. The lowest BCUT2D eigenvalue weighted by atomic mass is 10.2.